The molecule has 3 heterocycles. The average molecular weight is 443 g/mol. The van der Waals surface area contributed by atoms with Crippen molar-refractivity contribution in [3.05, 3.63) is 71.5 Å². The summed E-state index contributed by atoms with van der Waals surface area (Å²) in [5.41, 5.74) is 11.3. The van der Waals surface area contributed by atoms with Crippen LogP contribution in [0.3, 0.4) is 0 Å². The van der Waals surface area contributed by atoms with E-state index in [-0.39, 0.29) is 11.9 Å². The van der Waals surface area contributed by atoms with Gasteiger partial charge in [-0.15, -0.1) is 0 Å². The minimum absolute atomic E-state index is 0.0819. The van der Waals surface area contributed by atoms with E-state index in [1.54, 1.807) is 0 Å². The van der Waals surface area contributed by atoms with E-state index in [2.05, 4.69) is 15.3 Å². The topological polar surface area (TPSA) is 108 Å². The molecule has 1 fully saturated rings. The van der Waals surface area contributed by atoms with Crippen LogP contribution in [0.25, 0.3) is 22.3 Å². The zero-order valence-electron chi connectivity index (χ0n) is 18.5. The van der Waals surface area contributed by atoms with E-state index in [0.717, 1.165) is 52.9 Å². The van der Waals surface area contributed by atoms with Gasteiger partial charge in [-0.1, -0.05) is 42.5 Å². The van der Waals surface area contributed by atoms with E-state index < -0.39 is 0 Å². The predicted octanol–water partition coefficient (Wildman–Crippen LogP) is 3.67. The Morgan fingerprint density at radius 2 is 2.00 bits per heavy atom. The molecule has 2 aromatic heterocycles. The Labute approximate surface area is 191 Å². The molecular weight excluding hydrogens is 416 g/mol. The number of aromatic nitrogens is 4. The van der Waals surface area contributed by atoms with Crippen LogP contribution < -0.4 is 11.1 Å². The van der Waals surface area contributed by atoms with Gasteiger partial charge in [0.1, 0.15) is 17.8 Å². The maximum atomic E-state index is 12.5. The Kier molecular flexibility index (Phi) is 5.75. The SMILES string of the molecule is Cc1ccccc1C(=O)NCc1ccc(-c2nn(C3CCCOC3)c3ncnc(N)c23)cc1. The molecule has 1 unspecified atom stereocenters. The number of carbonyl (C=O) groups excluding carboxylic acids is 1. The zero-order valence-corrected chi connectivity index (χ0v) is 18.5. The lowest BCUT2D eigenvalue weighted by atomic mass is 10.1. The largest absolute Gasteiger partial charge is 0.383 e. The van der Waals surface area contributed by atoms with E-state index in [4.69, 9.17) is 15.6 Å². The minimum Gasteiger partial charge on any atom is -0.383 e. The third-order valence-electron chi connectivity index (χ3n) is 6.07. The fraction of sp³-hybridized carbons (Fsp3) is 0.280. The second-order valence-electron chi connectivity index (χ2n) is 8.32. The highest BCUT2D eigenvalue weighted by Crippen LogP contribution is 2.33. The Morgan fingerprint density at radius 1 is 1.18 bits per heavy atom. The third kappa shape index (κ3) is 4.17. The smallest absolute Gasteiger partial charge is 0.251 e. The van der Waals surface area contributed by atoms with Crippen molar-refractivity contribution in [2.45, 2.75) is 32.4 Å². The van der Waals surface area contributed by atoms with Gasteiger partial charge in [0.25, 0.3) is 5.91 Å². The van der Waals surface area contributed by atoms with Crippen molar-refractivity contribution in [1.29, 1.82) is 0 Å². The summed E-state index contributed by atoms with van der Waals surface area (Å²) < 4.78 is 7.59. The van der Waals surface area contributed by atoms with Crippen LogP contribution in [0.1, 0.15) is 40.4 Å². The summed E-state index contributed by atoms with van der Waals surface area (Å²) in [6, 6.07) is 15.6. The molecule has 1 amide bonds. The van der Waals surface area contributed by atoms with Gasteiger partial charge >= 0.3 is 0 Å². The molecule has 3 N–H and O–H groups in total. The Morgan fingerprint density at radius 3 is 2.76 bits per heavy atom. The van der Waals surface area contributed by atoms with Crippen molar-refractivity contribution < 1.29 is 9.53 Å². The molecule has 4 aromatic rings. The third-order valence-corrected chi connectivity index (χ3v) is 6.07. The minimum atomic E-state index is -0.0819. The van der Waals surface area contributed by atoms with E-state index in [1.807, 2.05) is 60.1 Å². The van der Waals surface area contributed by atoms with E-state index >= 15 is 0 Å². The lowest BCUT2D eigenvalue weighted by molar-refractivity contribution is 0.0564. The van der Waals surface area contributed by atoms with E-state index in [9.17, 15) is 4.79 Å². The molecule has 0 aliphatic carbocycles. The van der Waals surface area contributed by atoms with Gasteiger partial charge in [0, 0.05) is 24.3 Å². The standard InChI is InChI=1S/C25H26N6O2/c1-16-5-2-3-7-20(16)25(32)27-13-17-8-10-18(11-9-17)22-21-23(26)28-15-29-24(21)31(30-22)19-6-4-12-33-14-19/h2-3,5,7-11,15,19H,4,6,12-14H2,1H3,(H,27,32)(H2,26,28,29). The summed E-state index contributed by atoms with van der Waals surface area (Å²) in [5, 5.41) is 8.62. The monoisotopic (exact) mass is 442 g/mol. The molecular formula is C25H26N6O2. The van der Waals surface area contributed by atoms with Crippen LogP contribution in [0.2, 0.25) is 0 Å². The van der Waals surface area contributed by atoms with Crippen LogP contribution in [0.5, 0.6) is 0 Å². The van der Waals surface area contributed by atoms with Crippen molar-refractivity contribution in [2.75, 3.05) is 18.9 Å². The second kappa shape index (κ2) is 8.99. The molecule has 33 heavy (non-hydrogen) atoms. The predicted molar refractivity (Wildman–Crippen MR) is 127 cm³/mol. The molecule has 1 saturated heterocycles. The molecule has 1 atom stereocenters. The molecule has 1 aliphatic rings. The van der Waals surface area contributed by atoms with Gasteiger partial charge in [0.2, 0.25) is 0 Å². The molecule has 8 nitrogen and oxygen atoms in total. The molecule has 0 spiro atoms. The van der Waals surface area contributed by atoms with Gasteiger partial charge in [-0.25, -0.2) is 14.6 Å². The Bertz CT molecular complexity index is 1290. The molecule has 0 bridgehead atoms. The number of nitrogen functional groups attached to an aromatic ring is 1. The maximum Gasteiger partial charge on any atom is 0.251 e. The number of benzene rings is 2. The quantitative estimate of drug-likeness (QED) is 0.488. The highest BCUT2D eigenvalue weighted by atomic mass is 16.5. The number of ether oxygens (including phenoxy) is 1. The first kappa shape index (κ1) is 21.1. The fourth-order valence-corrected chi connectivity index (χ4v) is 4.25. The number of aryl methyl sites for hydroxylation is 1. The van der Waals surface area contributed by atoms with Crippen LogP contribution >= 0.6 is 0 Å². The fourth-order valence-electron chi connectivity index (χ4n) is 4.25. The number of hydrogen-bond acceptors (Lipinski definition) is 6. The maximum absolute atomic E-state index is 12.5. The second-order valence-corrected chi connectivity index (χ2v) is 8.32. The molecule has 1 aliphatic heterocycles. The highest BCUT2D eigenvalue weighted by Gasteiger charge is 2.24. The molecule has 8 heteroatoms. The van der Waals surface area contributed by atoms with Gasteiger partial charge in [-0.2, -0.15) is 5.10 Å². The summed E-state index contributed by atoms with van der Waals surface area (Å²) in [6.07, 6.45) is 3.45. The molecule has 168 valence electrons. The van der Waals surface area contributed by atoms with Gasteiger partial charge in [0.15, 0.2) is 5.65 Å². The molecule has 2 aromatic carbocycles. The number of amides is 1. The molecule has 0 radical (unpaired) electrons. The summed E-state index contributed by atoms with van der Waals surface area (Å²) >= 11 is 0. The lowest BCUT2D eigenvalue weighted by Gasteiger charge is -2.22. The van der Waals surface area contributed by atoms with Gasteiger partial charge in [-0.3, -0.25) is 4.79 Å². The Hall–Kier alpha value is -3.78. The van der Waals surface area contributed by atoms with Crippen LogP contribution in [0.15, 0.2) is 54.9 Å². The van der Waals surface area contributed by atoms with Crippen LogP contribution in [-0.2, 0) is 11.3 Å². The van der Waals surface area contributed by atoms with Crippen LogP contribution in [0, 0.1) is 6.92 Å². The van der Waals surface area contributed by atoms with Gasteiger partial charge in [0.05, 0.1) is 18.0 Å². The summed E-state index contributed by atoms with van der Waals surface area (Å²) in [4.78, 5) is 21.2. The Balaban J connectivity index is 1.39. The number of fused-ring (bicyclic) bond motifs is 1. The number of nitrogens with two attached hydrogens (primary N) is 1. The molecule has 0 saturated carbocycles. The summed E-state index contributed by atoms with van der Waals surface area (Å²) in [6.45, 7) is 3.76. The van der Waals surface area contributed by atoms with Crippen molar-refractivity contribution in [1.82, 2.24) is 25.1 Å². The first-order chi connectivity index (χ1) is 16.1. The number of anilines is 1. The normalized spacial score (nSPS) is 16.1. The highest BCUT2D eigenvalue weighted by molar-refractivity contribution is 5.98. The number of hydrogen-bond donors (Lipinski definition) is 2. The number of nitrogens with one attached hydrogen (secondary N) is 1. The first-order valence-electron chi connectivity index (χ1n) is 11.1. The number of rotatable bonds is 5. The van der Waals surface area contributed by atoms with Crippen molar-refractivity contribution >= 4 is 22.8 Å². The number of carbonyl (C=O) groups is 1. The summed E-state index contributed by atoms with van der Waals surface area (Å²) in [5.74, 6) is 0.328. The first-order valence-corrected chi connectivity index (χ1v) is 11.1. The van der Waals surface area contributed by atoms with E-state index in [1.165, 1.54) is 6.33 Å². The number of nitrogens with zero attached hydrogens (tertiary/aromatic N) is 4. The lowest BCUT2D eigenvalue weighted by Crippen LogP contribution is -2.23. The van der Waals surface area contributed by atoms with E-state index in [0.29, 0.717) is 24.5 Å². The average Bonchev–Trinajstić information content (AvgIpc) is 3.25. The summed E-state index contributed by atoms with van der Waals surface area (Å²) in [7, 11) is 0. The van der Waals surface area contributed by atoms with Gasteiger partial charge in [-0.05, 0) is 37.0 Å². The zero-order chi connectivity index (χ0) is 22.8. The van der Waals surface area contributed by atoms with Crippen molar-refractivity contribution in [2.24, 2.45) is 0 Å². The van der Waals surface area contributed by atoms with Crippen molar-refractivity contribution in [3.8, 4) is 11.3 Å². The van der Waals surface area contributed by atoms with Gasteiger partial charge < -0.3 is 15.8 Å². The molecule has 5 rings (SSSR count). The van der Waals surface area contributed by atoms with Crippen molar-refractivity contribution in [3.63, 3.8) is 0 Å². The van der Waals surface area contributed by atoms with Crippen LogP contribution in [0.4, 0.5) is 5.82 Å². The van der Waals surface area contributed by atoms with Crippen LogP contribution in [-0.4, -0.2) is 38.9 Å².